The van der Waals surface area contributed by atoms with Gasteiger partial charge in [-0.05, 0) is 69.0 Å². The minimum atomic E-state index is -1.20. The zero-order valence-electron chi connectivity index (χ0n) is 22.4. The maximum Gasteiger partial charge on any atom is 0.254 e. The van der Waals surface area contributed by atoms with Gasteiger partial charge in [-0.1, -0.05) is 13.0 Å². The van der Waals surface area contributed by atoms with Gasteiger partial charge in [0.05, 0.1) is 5.69 Å². The summed E-state index contributed by atoms with van der Waals surface area (Å²) in [6.07, 6.45) is 5.33. The summed E-state index contributed by atoms with van der Waals surface area (Å²) < 4.78 is 14.7. The lowest BCUT2D eigenvalue weighted by molar-refractivity contribution is 0.0460. The highest BCUT2D eigenvalue weighted by Gasteiger charge is 2.35. The summed E-state index contributed by atoms with van der Waals surface area (Å²) in [5.41, 5.74) is 6.20. The summed E-state index contributed by atoms with van der Waals surface area (Å²) in [7, 11) is -1.20. The Bertz CT molecular complexity index is 1340. The average Bonchev–Trinajstić information content (AvgIpc) is 3.31. The fourth-order valence-electron chi connectivity index (χ4n) is 5.43. The van der Waals surface area contributed by atoms with Gasteiger partial charge < -0.3 is 10.2 Å². The van der Waals surface area contributed by atoms with Crippen molar-refractivity contribution in [3.05, 3.63) is 70.7 Å². The maximum atomic E-state index is 13.3. The number of carbonyl (C=O) groups excluding carboxylic acids is 1. The predicted octanol–water partition coefficient (Wildman–Crippen LogP) is 4.34. The largest absolute Gasteiger partial charge is 0.336 e. The summed E-state index contributed by atoms with van der Waals surface area (Å²) in [5.74, 6) is 1.54. The topological polar surface area (TPSA) is 103 Å². The zero-order valence-corrected chi connectivity index (χ0v) is 23.2. The first-order valence-corrected chi connectivity index (χ1v) is 14.5. The van der Waals surface area contributed by atoms with Gasteiger partial charge in [0.25, 0.3) is 5.91 Å². The van der Waals surface area contributed by atoms with E-state index in [1.165, 1.54) is 16.7 Å². The number of pyridine rings is 1. The molecule has 4 heterocycles. The summed E-state index contributed by atoms with van der Waals surface area (Å²) in [5, 5.41) is 3.36. The SMILES string of the molecule is CCS(=O)Nc1cc(C(=O)N2CC[C@@H](N3Cc4cnc(Nc5cc(C)cc(C)c5)nc4C3)C[C@H]2C)ccn1. The van der Waals surface area contributed by atoms with Gasteiger partial charge in [-0.15, -0.1) is 0 Å². The van der Waals surface area contributed by atoms with Crippen LogP contribution in [0.5, 0.6) is 0 Å². The number of fused-ring (bicyclic) bond motifs is 1. The number of amides is 1. The van der Waals surface area contributed by atoms with Gasteiger partial charge in [0, 0.05) is 66.7 Å². The van der Waals surface area contributed by atoms with Crippen LogP contribution in [0.3, 0.4) is 0 Å². The molecule has 0 saturated carbocycles. The number of benzene rings is 1. The molecule has 0 radical (unpaired) electrons. The van der Waals surface area contributed by atoms with Crippen LogP contribution in [0.1, 0.15) is 59.4 Å². The summed E-state index contributed by atoms with van der Waals surface area (Å²) in [6, 6.07) is 10.2. The van der Waals surface area contributed by atoms with Crippen molar-refractivity contribution in [2.24, 2.45) is 0 Å². The molecule has 0 spiro atoms. The molecule has 1 aromatic carbocycles. The number of anilines is 3. The highest BCUT2D eigenvalue weighted by atomic mass is 32.2. The molecule has 2 aliphatic heterocycles. The van der Waals surface area contributed by atoms with Crippen LogP contribution in [-0.4, -0.2) is 59.2 Å². The average molecular weight is 534 g/mol. The Kier molecular flexibility index (Phi) is 7.71. The van der Waals surface area contributed by atoms with Crippen molar-refractivity contribution in [2.75, 3.05) is 22.3 Å². The van der Waals surface area contributed by atoms with Crippen LogP contribution in [-0.2, 0) is 24.1 Å². The third-order valence-electron chi connectivity index (χ3n) is 7.27. The molecule has 2 aromatic heterocycles. The number of nitrogens with zero attached hydrogens (tertiary/aromatic N) is 5. The monoisotopic (exact) mass is 533 g/mol. The number of hydrogen-bond donors (Lipinski definition) is 2. The molecule has 5 rings (SSSR count). The minimum absolute atomic E-state index is 0.0126. The van der Waals surface area contributed by atoms with E-state index in [4.69, 9.17) is 4.98 Å². The summed E-state index contributed by atoms with van der Waals surface area (Å²) in [6.45, 7) is 10.4. The lowest BCUT2D eigenvalue weighted by Gasteiger charge is -2.41. The summed E-state index contributed by atoms with van der Waals surface area (Å²) >= 11 is 0. The van der Waals surface area contributed by atoms with Crippen LogP contribution in [0.2, 0.25) is 0 Å². The molecule has 2 N–H and O–H groups in total. The fourth-order valence-corrected chi connectivity index (χ4v) is 5.92. The normalized spacial score (nSPS) is 20.2. The van der Waals surface area contributed by atoms with Crippen molar-refractivity contribution in [1.29, 1.82) is 0 Å². The lowest BCUT2D eigenvalue weighted by atomic mass is 9.96. The Balaban J connectivity index is 1.20. The third-order valence-corrected chi connectivity index (χ3v) is 8.23. The molecule has 10 heteroatoms. The summed E-state index contributed by atoms with van der Waals surface area (Å²) in [4.78, 5) is 31.3. The Morgan fingerprint density at radius 2 is 1.92 bits per heavy atom. The van der Waals surface area contributed by atoms with E-state index in [0.717, 1.165) is 37.3 Å². The number of piperidine rings is 1. The number of aromatic nitrogens is 3. The van der Waals surface area contributed by atoms with Crippen LogP contribution >= 0.6 is 0 Å². The number of carbonyl (C=O) groups is 1. The van der Waals surface area contributed by atoms with Gasteiger partial charge in [0.15, 0.2) is 0 Å². The Morgan fingerprint density at radius 1 is 1.13 bits per heavy atom. The second-order valence-corrected chi connectivity index (χ2v) is 11.7. The van der Waals surface area contributed by atoms with Gasteiger partial charge >= 0.3 is 0 Å². The molecular weight excluding hydrogens is 498 g/mol. The first-order valence-electron chi connectivity index (χ1n) is 13.1. The van der Waals surface area contributed by atoms with E-state index in [-0.39, 0.29) is 11.9 Å². The zero-order chi connectivity index (χ0) is 26.8. The van der Waals surface area contributed by atoms with Crippen LogP contribution in [0.4, 0.5) is 17.5 Å². The van der Waals surface area contributed by atoms with E-state index in [0.29, 0.717) is 35.7 Å². The van der Waals surface area contributed by atoms with Crippen molar-refractivity contribution in [1.82, 2.24) is 24.8 Å². The fraction of sp³-hybridized carbons (Fsp3) is 0.429. The highest BCUT2D eigenvalue weighted by molar-refractivity contribution is 7.86. The van der Waals surface area contributed by atoms with Crippen molar-refractivity contribution in [3.63, 3.8) is 0 Å². The van der Waals surface area contributed by atoms with Crippen LogP contribution in [0, 0.1) is 13.8 Å². The first-order chi connectivity index (χ1) is 18.3. The van der Waals surface area contributed by atoms with Gasteiger partial charge in [-0.25, -0.2) is 19.2 Å². The number of likely N-dealkylation sites (tertiary alicyclic amines) is 1. The van der Waals surface area contributed by atoms with E-state index in [1.807, 2.05) is 18.0 Å². The molecule has 38 heavy (non-hydrogen) atoms. The maximum absolute atomic E-state index is 13.3. The van der Waals surface area contributed by atoms with E-state index in [9.17, 15) is 9.00 Å². The van der Waals surface area contributed by atoms with Crippen molar-refractivity contribution in [3.8, 4) is 0 Å². The quantitative estimate of drug-likeness (QED) is 0.466. The number of nitrogens with one attached hydrogen (secondary N) is 2. The Labute approximate surface area is 226 Å². The Morgan fingerprint density at radius 3 is 2.66 bits per heavy atom. The van der Waals surface area contributed by atoms with Crippen molar-refractivity contribution < 1.29 is 9.00 Å². The molecule has 9 nitrogen and oxygen atoms in total. The smallest absolute Gasteiger partial charge is 0.254 e. The Hall–Kier alpha value is -3.37. The molecule has 1 amide bonds. The first kappa shape index (κ1) is 26.2. The van der Waals surface area contributed by atoms with Crippen LogP contribution in [0.25, 0.3) is 0 Å². The molecule has 1 unspecified atom stereocenters. The standard InChI is InChI=1S/C28H35N7O2S/c1-5-38(37)33-26-14-21(6-8-29-26)27(36)35-9-7-24(13-20(35)4)34-16-22-15-30-28(32-25(22)17-34)31-23-11-18(2)10-19(3)12-23/h6,8,10-12,14-15,20,24H,5,7,9,13,16-17H2,1-4H3,(H,29,33)(H,30,31,32)/t20-,24-,38?/m1/s1. The molecular formula is C28H35N7O2S. The second-order valence-electron chi connectivity index (χ2n) is 10.3. The molecule has 0 bridgehead atoms. The van der Waals surface area contributed by atoms with E-state index >= 15 is 0 Å². The lowest BCUT2D eigenvalue weighted by Crippen LogP contribution is -2.50. The highest BCUT2D eigenvalue weighted by Crippen LogP contribution is 2.31. The van der Waals surface area contributed by atoms with E-state index in [1.54, 1.807) is 18.3 Å². The van der Waals surface area contributed by atoms with E-state index < -0.39 is 11.0 Å². The predicted molar refractivity (Wildman–Crippen MR) is 151 cm³/mol. The number of aryl methyl sites for hydroxylation is 2. The number of hydrogen-bond acceptors (Lipinski definition) is 7. The minimum Gasteiger partial charge on any atom is -0.336 e. The van der Waals surface area contributed by atoms with Crippen LogP contribution in [0.15, 0.2) is 42.7 Å². The van der Waals surface area contributed by atoms with Gasteiger partial charge in [-0.2, -0.15) is 0 Å². The molecule has 3 atom stereocenters. The second kappa shape index (κ2) is 11.2. The van der Waals surface area contributed by atoms with E-state index in [2.05, 4.69) is 63.9 Å². The molecule has 1 fully saturated rings. The molecule has 1 saturated heterocycles. The van der Waals surface area contributed by atoms with Crippen molar-refractivity contribution >= 4 is 34.3 Å². The van der Waals surface area contributed by atoms with Gasteiger partial charge in [0.2, 0.25) is 5.95 Å². The number of rotatable bonds is 7. The van der Waals surface area contributed by atoms with Gasteiger partial charge in [-0.3, -0.25) is 14.4 Å². The molecule has 0 aliphatic carbocycles. The molecule has 2 aliphatic rings. The van der Waals surface area contributed by atoms with Gasteiger partial charge in [0.1, 0.15) is 16.8 Å². The van der Waals surface area contributed by atoms with Crippen LogP contribution < -0.4 is 10.0 Å². The van der Waals surface area contributed by atoms with Crippen molar-refractivity contribution in [2.45, 2.75) is 65.7 Å². The molecule has 200 valence electrons. The third kappa shape index (κ3) is 5.86. The molecule has 3 aromatic rings.